The Morgan fingerprint density at radius 2 is 2.40 bits per heavy atom. The van der Waals surface area contributed by atoms with Gasteiger partial charge in [-0.2, -0.15) is 0 Å². The Balaban J connectivity index is 2.52. The molecule has 0 bridgehead atoms. The molecule has 1 aliphatic heterocycles. The quantitative estimate of drug-likeness (QED) is 0.479. The summed E-state index contributed by atoms with van der Waals surface area (Å²) in [7, 11) is 0. The van der Waals surface area contributed by atoms with E-state index in [0.717, 1.165) is 25.2 Å². The second-order valence-corrected chi connectivity index (χ2v) is 3.40. The summed E-state index contributed by atoms with van der Waals surface area (Å²) in [5.41, 5.74) is 0.909. The highest BCUT2D eigenvalue weighted by Crippen LogP contribution is 1.93. The van der Waals surface area contributed by atoms with Gasteiger partial charge in [-0.15, -0.1) is 0 Å². The van der Waals surface area contributed by atoms with Crippen molar-refractivity contribution in [2.75, 3.05) is 26.2 Å². The molecule has 0 atom stereocenters. The maximum absolute atomic E-state index is 11.3. The van der Waals surface area contributed by atoms with Gasteiger partial charge in [-0.1, -0.05) is 0 Å². The summed E-state index contributed by atoms with van der Waals surface area (Å²) in [4.78, 5) is 11.3. The first kappa shape index (κ1) is 11.7. The molecule has 15 heavy (non-hydrogen) atoms. The lowest BCUT2D eigenvalue weighted by atomic mass is 10.2. The lowest BCUT2D eigenvalue weighted by Gasteiger charge is -2.06. The van der Waals surface area contributed by atoms with Crippen molar-refractivity contribution in [3.63, 3.8) is 0 Å². The molecule has 1 amide bonds. The van der Waals surface area contributed by atoms with Crippen LogP contribution in [0.25, 0.3) is 0 Å². The van der Waals surface area contributed by atoms with E-state index >= 15 is 0 Å². The third kappa shape index (κ3) is 4.12. The number of hydrogen-bond donors (Lipinski definition) is 4. The molecule has 84 valence electrons. The average Bonchev–Trinajstić information content (AvgIpc) is 2.46. The zero-order valence-electron chi connectivity index (χ0n) is 9.02. The minimum atomic E-state index is -0.323. The predicted octanol–water partition coefficient (Wildman–Crippen LogP) is -0.391. The molecule has 1 rings (SSSR count). The van der Waals surface area contributed by atoms with Crippen LogP contribution >= 0.6 is 0 Å². The molecule has 1 heterocycles. The van der Waals surface area contributed by atoms with Gasteiger partial charge in [0.2, 0.25) is 0 Å². The van der Waals surface area contributed by atoms with E-state index in [9.17, 15) is 4.79 Å². The molecular weight excluding hydrogens is 192 g/mol. The zero-order chi connectivity index (χ0) is 11.1. The van der Waals surface area contributed by atoms with Gasteiger partial charge < -0.3 is 16.0 Å². The first-order valence-corrected chi connectivity index (χ1v) is 5.26. The molecule has 1 fully saturated rings. The van der Waals surface area contributed by atoms with Crippen LogP contribution in [0.1, 0.15) is 13.3 Å². The Bertz CT molecular complexity index is 263. The molecule has 0 aromatic heterocycles. The number of carbonyl (C=O) groups excluding carboxylic acids is 1. The first-order valence-electron chi connectivity index (χ1n) is 5.26. The summed E-state index contributed by atoms with van der Waals surface area (Å²) in [5, 5.41) is 16.5. The molecule has 1 aliphatic rings. The topological polar surface area (TPSA) is 77.0 Å². The third-order valence-corrected chi connectivity index (χ3v) is 2.10. The Kier molecular flexibility index (Phi) is 4.83. The molecule has 5 heteroatoms. The summed E-state index contributed by atoms with van der Waals surface area (Å²) in [6.07, 6.45) is 2.65. The lowest BCUT2D eigenvalue weighted by molar-refractivity contribution is -0.114. The van der Waals surface area contributed by atoms with Crippen LogP contribution in [-0.4, -0.2) is 37.8 Å². The maximum Gasteiger partial charge on any atom is 0.269 e. The van der Waals surface area contributed by atoms with Crippen LogP contribution in [0, 0.1) is 5.41 Å². The highest BCUT2D eigenvalue weighted by Gasteiger charge is 2.08. The minimum Gasteiger partial charge on any atom is -0.387 e. The van der Waals surface area contributed by atoms with Gasteiger partial charge >= 0.3 is 0 Å². The van der Waals surface area contributed by atoms with Crippen LogP contribution in [0.2, 0.25) is 0 Å². The van der Waals surface area contributed by atoms with Crippen LogP contribution in [0.15, 0.2) is 11.8 Å². The van der Waals surface area contributed by atoms with Crippen LogP contribution in [0.5, 0.6) is 0 Å². The minimum absolute atomic E-state index is 0.00282. The smallest absolute Gasteiger partial charge is 0.269 e. The molecule has 0 spiro atoms. The fraction of sp³-hybridized carbons (Fsp3) is 0.600. The third-order valence-electron chi connectivity index (χ3n) is 2.10. The van der Waals surface area contributed by atoms with Gasteiger partial charge in [0.25, 0.3) is 5.91 Å². The summed E-state index contributed by atoms with van der Waals surface area (Å²) < 4.78 is 0. The largest absolute Gasteiger partial charge is 0.387 e. The van der Waals surface area contributed by atoms with Gasteiger partial charge in [-0.25, -0.2) is 0 Å². The summed E-state index contributed by atoms with van der Waals surface area (Å²) in [6, 6.07) is 0. The summed E-state index contributed by atoms with van der Waals surface area (Å²) >= 11 is 0. The van der Waals surface area contributed by atoms with Gasteiger partial charge in [0.1, 0.15) is 5.71 Å². The summed E-state index contributed by atoms with van der Waals surface area (Å²) in [6.45, 7) is 4.95. The Labute approximate surface area is 89.8 Å². The molecule has 0 aliphatic carbocycles. The van der Waals surface area contributed by atoms with Crippen molar-refractivity contribution < 1.29 is 4.79 Å². The van der Waals surface area contributed by atoms with Gasteiger partial charge in [0.15, 0.2) is 0 Å². The summed E-state index contributed by atoms with van der Waals surface area (Å²) in [5.74, 6) is -0.323. The highest BCUT2D eigenvalue weighted by atomic mass is 16.1. The van der Waals surface area contributed by atoms with Crippen molar-refractivity contribution in [1.82, 2.24) is 16.0 Å². The van der Waals surface area contributed by atoms with Gasteiger partial charge in [-0.05, 0) is 26.0 Å². The van der Waals surface area contributed by atoms with Gasteiger partial charge in [0.05, 0.1) is 0 Å². The van der Waals surface area contributed by atoms with Crippen LogP contribution in [0.3, 0.4) is 0 Å². The Hall–Kier alpha value is -1.36. The fourth-order valence-electron chi connectivity index (χ4n) is 1.35. The molecule has 0 radical (unpaired) electrons. The van der Waals surface area contributed by atoms with Crippen molar-refractivity contribution in [2.24, 2.45) is 0 Å². The van der Waals surface area contributed by atoms with Gasteiger partial charge in [-0.3, -0.25) is 10.2 Å². The van der Waals surface area contributed by atoms with Crippen molar-refractivity contribution in [3.8, 4) is 0 Å². The SMILES string of the molecule is CCNC(=O)C(=N)/C=C1/CNCCCN1. The molecule has 1 saturated heterocycles. The van der Waals surface area contributed by atoms with E-state index in [2.05, 4.69) is 16.0 Å². The van der Waals surface area contributed by atoms with E-state index in [1.807, 2.05) is 6.92 Å². The molecule has 0 aromatic rings. The predicted molar refractivity (Wildman–Crippen MR) is 60.0 cm³/mol. The van der Waals surface area contributed by atoms with E-state index in [-0.39, 0.29) is 11.6 Å². The highest BCUT2D eigenvalue weighted by molar-refractivity contribution is 6.42. The number of hydrogen-bond acceptors (Lipinski definition) is 4. The molecule has 0 aromatic carbocycles. The van der Waals surface area contributed by atoms with E-state index in [1.54, 1.807) is 6.08 Å². The first-order chi connectivity index (χ1) is 7.24. The number of amides is 1. The normalized spacial score (nSPS) is 19.1. The van der Waals surface area contributed by atoms with Crippen molar-refractivity contribution in [1.29, 1.82) is 5.41 Å². The van der Waals surface area contributed by atoms with Crippen LogP contribution < -0.4 is 16.0 Å². The maximum atomic E-state index is 11.3. The van der Waals surface area contributed by atoms with E-state index in [4.69, 9.17) is 5.41 Å². The van der Waals surface area contributed by atoms with Crippen LogP contribution in [0.4, 0.5) is 0 Å². The zero-order valence-corrected chi connectivity index (χ0v) is 9.02. The standard InChI is InChI=1S/C10H18N4O/c1-2-13-10(15)9(11)6-8-7-12-4-3-5-14-8/h6,11-12,14H,2-5,7H2,1H3,(H,13,15)/b8-6-,11-9?. The average molecular weight is 210 g/mol. The Morgan fingerprint density at radius 1 is 1.60 bits per heavy atom. The molecule has 0 unspecified atom stereocenters. The molecule has 4 N–H and O–H groups in total. The monoisotopic (exact) mass is 210 g/mol. The number of nitrogens with one attached hydrogen (secondary N) is 4. The second kappa shape index (κ2) is 6.19. The second-order valence-electron chi connectivity index (χ2n) is 3.40. The Morgan fingerprint density at radius 3 is 3.13 bits per heavy atom. The van der Waals surface area contributed by atoms with Crippen LogP contribution in [-0.2, 0) is 4.79 Å². The van der Waals surface area contributed by atoms with Gasteiger partial charge in [0, 0.05) is 25.3 Å². The van der Waals surface area contributed by atoms with E-state index < -0.39 is 0 Å². The van der Waals surface area contributed by atoms with Crippen molar-refractivity contribution in [2.45, 2.75) is 13.3 Å². The van der Waals surface area contributed by atoms with E-state index in [0.29, 0.717) is 13.1 Å². The van der Waals surface area contributed by atoms with E-state index in [1.165, 1.54) is 0 Å². The van der Waals surface area contributed by atoms with Crippen molar-refractivity contribution in [3.05, 3.63) is 11.8 Å². The molecular formula is C10H18N4O. The molecule has 0 saturated carbocycles. The van der Waals surface area contributed by atoms with Crippen molar-refractivity contribution >= 4 is 11.6 Å². The molecule has 5 nitrogen and oxygen atoms in total. The lowest BCUT2D eigenvalue weighted by Crippen LogP contribution is -2.30. The fourth-order valence-corrected chi connectivity index (χ4v) is 1.35. The number of rotatable bonds is 3. The number of carbonyl (C=O) groups is 1.